The van der Waals surface area contributed by atoms with Gasteiger partial charge in [-0.3, -0.25) is 4.79 Å². The number of aryl methyl sites for hydroxylation is 2. The second-order valence-corrected chi connectivity index (χ2v) is 6.70. The first-order valence-electron chi connectivity index (χ1n) is 6.98. The quantitative estimate of drug-likeness (QED) is 0.788. The van der Waals surface area contributed by atoms with Crippen LogP contribution in [-0.2, 0) is 7.05 Å². The van der Waals surface area contributed by atoms with Crippen LogP contribution in [0.25, 0.3) is 0 Å². The number of ether oxygens (including phenoxy) is 1. The lowest BCUT2D eigenvalue weighted by Crippen LogP contribution is -2.34. The number of hydrogen-bond donors (Lipinski definition) is 0. The van der Waals surface area contributed by atoms with Gasteiger partial charge in [-0.2, -0.15) is 5.10 Å². The summed E-state index contributed by atoms with van der Waals surface area (Å²) in [5, 5.41) is 4.26. The maximum absolute atomic E-state index is 11.2. The average molecular weight is 264 g/mol. The number of hydrogen-bond acceptors (Lipinski definition) is 3. The third kappa shape index (κ3) is 2.99. The molecule has 0 amide bonds. The molecule has 1 heterocycles. The van der Waals surface area contributed by atoms with Crippen LogP contribution in [0.15, 0.2) is 0 Å². The van der Waals surface area contributed by atoms with Gasteiger partial charge in [-0.05, 0) is 37.5 Å². The second kappa shape index (κ2) is 4.99. The summed E-state index contributed by atoms with van der Waals surface area (Å²) in [7, 11) is 1.83. The Labute approximate surface area is 115 Å². The molecule has 1 saturated carbocycles. The summed E-state index contributed by atoms with van der Waals surface area (Å²) in [6.45, 7) is 8.68. The molecular weight excluding hydrogens is 240 g/mol. The number of aromatic nitrogens is 2. The van der Waals surface area contributed by atoms with Gasteiger partial charge in [0.1, 0.15) is 6.10 Å². The van der Waals surface area contributed by atoms with Crippen molar-refractivity contribution in [2.24, 2.45) is 18.4 Å². The van der Waals surface area contributed by atoms with Crippen LogP contribution < -0.4 is 4.74 Å². The fraction of sp³-hybridized carbons (Fsp3) is 0.733. The molecule has 2 atom stereocenters. The normalized spacial score (nSPS) is 26.2. The third-order valence-corrected chi connectivity index (χ3v) is 3.96. The fourth-order valence-corrected chi connectivity index (χ4v) is 3.43. The number of aldehydes is 1. The van der Waals surface area contributed by atoms with Crippen LogP contribution in [0, 0.1) is 18.3 Å². The van der Waals surface area contributed by atoms with Crippen LogP contribution in [0.3, 0.4) is 0 Å². The lowest BCUT2D eigenvalue weighted by atomic mass is 9.71. The predicted octanol–water partition coefficient (Wildman–Crippen LogP) is 3.13. The van der Waals surface area contributed by atoms with E-state index >= 15 is 0 Å². The van der Waals surface area contributed by atoms with E-state index in [2.05, 4.69) is 25.9 Å². The molecule has 1 fully saturated rings. The van der Waals surface area contributed by atoms with Gasteiger partial charge in [-0.25, -0.2) is 4.68 Å². The van der Waals surface area contributed by atoms with Gasteiger partial charge < -0.3 is 4.74 Å². The van der Waals surface area contributed by atoms with Crippen LogP contribution in [-0.4, -0.2) is 22.2 Å². The van der Waals surface area contributed by atoms with E-state index in [1.165, 1.54) is 6.42 Å². The van der Waals surface area contributed by atoms with Gasteiger partial charge in [0.15, 0.2) is 6.29 Å². The van der Waals surface area contributed by atoms with Crippen molar-refractivity contribution in [2.75, 3.05) is 0 Å². The van der Waals surface area contributed by atoms with E-state index in [-0.39, 0.29) is 6.10 Å². The van der Waals surface area contributed by atoms with Crippen molar-refractivity contribution in [3.05, 3.63) is 11.3 Å². The van der Waals surface area contributed by atoms with Gasteiger partial charge in [0.05, 0.1) is 11.3 Å². The first-order valence-corrected chi connectivity index (χ1v) is 6.98. The SMILES string of the molecule is Cc1nn(C)c(OC2CC(C)CC(C)(C)C2)c1C=O. The minimum atomic E-state index is 0.173. The average Bonchev–Trinajstić information content (AvgIpc) is 2.50. The summed E-state index contributed by atoms with van der Waals surface area (Å²) < 4.78 is 7.78. The Kier molecular flexibility index (Phi) is 3.70. The van der Waals surface area contributed by atoms with Crippen LogP contribution in [0.2, 0.25) is 0 Å². The van der Waals surface area contributed by atoms with Crippen LogP contribution in [0.5, 0.6) is 5.88 Å². The number of carbonyl (C=O) groups excluding carboxylic acids is 1. The summed E-state index contributed by atoms with van der Waals surface area (Å²) in [5.41, 5.74) is 1.62. The smallest absolute Gasteiger partial charge is 0.222 e. The molecule has 0 aromatic carbocycles. The van der Waals surface area contributed by atoms with Crippen molar-refractivity contribution in [2.45, 2.75) is 53.1 Å². The number of nitrogens with zero attached hydrogens (tertiary/aromatic N) is 2. The van der Waals surface area contributed by atoms with Crippen molar-refractivity contribution in [1.29, 1.82) is 0 Å². The van der Waals surface area contributed by atoms with Crippen LogP contribution >= 0.6 is 0 Å². The molecule has 2 unspecified atom stereocenters. The maximum atomic E-state index is 11.2. The Morgan fingerprint density at radius 1 is 1.42 bits per heavy atom. The zero-order chi connectivity index (χ0) is 14.2. The van der Waals surface area contributed by atoms with E-state index in [0.717, 1.165) is 24.8 Å². The molecule has 1 aliphatic carbocycles. The third-order valence-electron chi connectivity index (χ3n) is 3.96. The molecule has 0 radical (unpaired) electrons. The monoisotopic (exact) mass is 264 g/mol. The van der Waals surface area contributed by atoms with Gasteiger partial charge in [-0.15, -0.1) is 0 Å². The summed E-state index contributed by atoms with van der Waals surface area (Å²) >= 11 is 0. The lowest BCUT2D eigenvalue weighted by Gasteiger charge is -2.38. The van der Waals surface area contributed by atoms with Crippen molar-refractivity contribution in [3.8, 4) is 5.88 Å². The summed E-state index contributed by atoms with van der Waals surface area (Å²) in [5.74, 6) is 1.27. The largest absolute Gasteiger partial charge is 0.474 e. The summed E-state index contributed by atoms with van der Waals surface area (Å²) in [6.07, 6.45) is 4.32. The highest BCUT2D eigenvalue weighted by Gasteiger charge is 2.34. The van der Waals surface area contributed by atoms with E-state index in [0.29, 0.717) is 22.8 Å². The molecule has 0 spiro atoms. The zero-order valence-corrected chi connectivity index (χ0v) is 12.6. The standard InChI is InChI=1S/C15H24N2O2/c1-10-6-12(8-15(3,4)7-10)19-14-13(9-18)11(2)16-17(14)5/h9-10,12H,6-8H2,1-5H3. The minimum absolute atomic E-state index is 0.173. The van der Waals surface area contributed by atoms with E-state index in [1.54, 1.807) is 4.68 Å². The molecule has 0 saturated heterocycles. The Bertz CT molecular complexity index is 477. The molecule has 0 bridgehead atoms. The molecule has 0 N–H and O–H groups in total. The first kappa shape index (κ1) is 14.1. The topological polar surface area (TPSA) is 44.1 Å². The highest BCUT2D eigenvalue weighted by Crippen LogP contribution is 2.40. The second-order valence-electron chi connectivity index (χ2n) is 6.70. The molecule has 106 valence electrons. The first-order chi connectivity index (χ1) is 8.82. The summed E-state index contributed by atoms with van der Waals surface area (Å²) in [4.78, 5) is 11.2. The van der Waals surface area contributed by atoms with Crippen LogP contribution in [0.4, 0.5) is 0 Å². The fourth-order valence-electron chi connectivity index (χ4n) is 3.43. The number of carbonyl (C=O) groups is 1. The van der Waals surface area contributed by atoms with E-state index in [9.17, 15) is 4.79 Å². The molecule has 0 aliphatic heterocycles. The minimum Gasteiger partial charge on any atom is -0.474 e. The molecular formula is C15H24N2O2. The Balaban J connectivity index is 2.19. The Hall–Kier alpha value is -1.32. The van der Waals surface area contributed by atoms with E-state index < -0.39 is 0 Å². The molecule has 2 rings (SSSR count). The van der Waals surface area contributed by atoms with Gasteiger partial charge >= 0.3 is 0 Å². The maximum Gasteiger partial charge on any atom is 0.222 e. The molecule has 19 heavy (non-hydrogen) atoms. The lowest BCUT2D eigenvalue weighted by molar-refractivity contribution is 0.0499. The van der Waals surface area contributed by atoms with Gasteiger partial charge in [-0.1, -0.05) is 20.8 Å². The van der Waals surface area contributed by atoms with Crippen molar-refractivity contribution >= 4 is 6.29 Å². The van der Waals surface area contributed by atoms with Gasteiger partial charge in [0.25, 0.3) is 0 Å². The van der Waals surface area contributed by atoms with E-state index in [1.807, 2.05) is 14.0 Å². The Morgan fingerprint density at radius 2 is 2.11 bits per heavy atom. The molecule has 1 aromatic heterocycles. The number of rotatable bonds is 3. The van der Waals surface area contributed by atoms with Crippen LogP contribution in [0.1, 0.15) is 56.1 Å². The Morgan fingerprint density at radius 3 is 2.68 bits per heavy atom. The van der Waals surface area contributed by atoms with Crippen molar-refractivity contribution < 1.29 is 9.53 Å². The van der Waals surface area contributed by atoms with E-state index in [4.69, 9.17) is 4.74 Å². The van der Waals surface area contributed by atoms with Gasteiger partial charge in [0, 0.05) is 7.05 Å². The summed E-state index contributed by atoms with van der Waals surface area (Å²) in [6, 6.07) is 0. The molecule has 1 aromatic rings. The highest BCUT2D eigenvalue weighted by atomic mass is 16.5. The molecule has 4 nitrogen and oxygen atoms in total. The van der Waals surface area contributed by atoms with Crippen molar-refractivity contribution in [3.63, 3.8) is 0 Å². The molecule has 4 heteroatoms. The van der Waals surface area contributed by atoms with Gasteiger partial charge in [0.2, 0.25) is 5.88 Å². The van der Waals surface area contributed by atoms with Crippen molar-refractivity contribution in [1.82, 2.24) is 9.78 Å². The zero-order valence-electron chi connectivity index (χ0n) is 12.6. The molecule has 1 aliphatic rings. The predicted molar refractivity (Wildman–Crippen MR) is 74.5 cm³/mol. The highest BCUT2D eigenvalue weighted by molar-refractivity contribution is 5.80.